The molecule has 0 atom stereocenters. The van der Waals surface area contributed by atoms with Gasteiger partial charge in [0, 0.05) is 22.7 Å². The minimum absolute atomic E-state index is 0.0226. The monoisotopic (exact) mass is 553 g/mol. The molecule has 8 aliphatic rings. The summed E-state index contributed by atoms with van der Waals surface area (Å²) in [7, 11) is -7.51. The summed E-state index contributed by atoms with van der Waals surface area (Å²) in [6.45, 7) is 0. The Morgan fingerprint density at radius 2 is 1.24 bits per heavy atom. The van der Waals surface area contributed by atoms with Gasteiger partial charge in [0.05, 0.1) is 9.79 Å². The number of nitrogens with one attached hydrogen (secondary N) is 2. The second-order valence-electron chi connectivity index (χ2n) is 12.8. The number of nitrogens with zero attached hydrogens (tertiary/aromatic N) is 1. The number of rotatable bonds is 6. The minimum atomic E-state index is -3.78. The topological polar surface area (TPSA) is 125 Å². The molecule has 0 unspecified atom stereocenters. The molecule has 0 amide bonds. The Morgan fingerprint density at radius 3 is 1.71 bits per heavy atom. The first kappa shape index (κ1) is 23.6. The number of hydrogen-bond donors (Lipinski definition) is 3. The number of benzene rings is 2. The fourth-order valence-electron chi connectivity index (χ4n) is 8.81. The van der Waals surface area contributed by atoms with Gasteiger partial charge in [-0.2, -0.15) is 0 Å². The van der Waals surface area contributed by atoms with Crippen LogP contribution in [0.25, 0.3) is 11.1 Å². The van der Waals surface area contributed by atoms with E-state index in [1.807, 2.05) is 0 Å². The van der Waals surface area contributed by atoms with Crippen LogP contribution in [0.15, 0.2) is 51.3 Å². The van der Waals surface area contributed by atoms with Crippen LogP contribution in [0.2, 0.25) is 0 Å². The molecule has 0 radical (unpaired) electrons. The number of sulfonamides is 2. The number of hydrogen-bond acceptors (Lipinski definition) is 6. The van der Waals surface area contributed by atoms with Crippen LogP contribution in [0, 0.1) is 29.6 Å². The predicted molar refractivity (Wildman–Crippen MR) is 141 cm³/mol. The summed E-state index contributed by atoms with van der Waals surface area (Å²) in [4.78, 5) is 0.253. The van der Waals surface area contributed by atoms with E-state index in [0.717, 1.165) is 67.9 Å². The van der Waals surface area contributed by atoms with Gasteiger partial charge in [0.15, 0.2) is 0 Å². The van der Waals surface area contributed by atoms with Gasteiger partial charge >= 0.3 is 0 Å². The molecule has 8 aliphatic carbocycles. The maximum absolute atomic E-state index is 13.5. The molecule has 38 heavy (non-hydrogen) atoms. The molecular weight excluding hydrogens is 522 g/mol. The van der Waals surface area contributed by atoms with Gasteiger partial charge in [-0.15, -0.1) is 0 Å². The lowest BCUT2D eigenvalue weighted by Gasteiger charge is -2.61. The maximum atomic E-state index is 13.5. The quantitative estimate of drug-likeness (QED) is 0.316. The van der Waals surface area contributed by atoms with Crippen LogP contribution < -0.4 is 9.44 Å². The van der Waals surface area contributed by atoms with Crippen molar-refractivity contribution in [3.63, 3.8) is 0 Å². The maximum Gasteiger partial charge on any atom is 0.241 e. The third kappa shape index (κ3) is 3.36. The van der Waals surface area contributed by atoms with E-state index in [9.17, 15) is 22.0 Å². The van der Waals surface area contributed by atoms with E-state index in [-0.39, 0.29) is 27.1 Å². The van der Waals surface area contributed by atoms with Crippen LogP contribution in [0.1, 0.15) is 62.5 Å². The molecule has 0 heterocycles. The Bertz CT molecular complexity index is 1590. The Balaban J connectivity index is 1.09. The fourth-order valence-corrected chi connectivity index (χ4v) is 11.7. The summed E-state index contributed by atoms with van der Waals surface area (Å²) < 4.78 is 59.2. The fraction of sp³-hybridized carbons (Fsp3) is 0.536. The van der Waals surface area contributed by atoms with E-state index < -0.39 is 20.0 Å². The first-order chi connectivity index (χ1) is 18.1. The average molecular weight is 554 g/mol. The zero-order valence-corrected chi connectivity index (χ0v) is 22.6. The van der Waals surface area contributed by atoms with E-state index in [4.69, 9.17) is 0 Å². The van der Waals surface area contributed by atoms with Gasteiger partial charge in [0.25, 0.3) is 0 Å². The molecule has 10 rings (SSSR count). The number of oxime groups is 1. The molecule has 200 valence electrons. The summed E-state index contributed by atoms with van der Waals surface area (Å²) in [6, 6.07) is 9.66. The van der Waals surface area contributed by atoms with Crippen molar-refractivity contribution in [2.75, 3.05) is 0 Å². The zero-order valence-electron chi connectivity index (χ0n) is 20.9. The highest BCUT2D eigenvalue weighted by atomic mass is 32.2. The van der Waals surface area contributed by atoms with E-state index >= 15 is 0 Å². The van der Waals surface area contributed by atoms with Gasteiger partial charge in [0.1, 0.15) is 5.71 Å². The lowest BCUT2D eigenvalue weighted by Crippen LogP contribution is -2.67. The van der Waals surface area contributed by atoms with E-state index in [1.54, 1.807) is 30.3 Å². The largest absolute Gasteiger partial charge is 0.410 e. The molecule has 7 fully saturated rings. The molecule has 0 aliphatic heterocycles. The SMILES string of the molecule is O=S(=O)(NC1C2CC3CC(C2)CC1C3)c1ccc2c(c1)/C(=N/O)c1cc(S(=O)(=O)NC34CC(C3)C4)ccc1-2. The zero-order chi connectivity index (χ0) is 26.0. The van der Waals surface area contributed by atoms with Gasteiger partial charge in [-0.05, 0) is 116 Å². The molecule has 0 spiro atoms. The van der Waals surface area contributed by atoms with Crippen molar-refractivity contribution in [1.82, 2.24) is 9.44 Å². The summed E-state index contributed by atoms with van der Waals surface area (Å²) in [5.41, 5.74) is 2.29. The average Bonchev–Trinajstić information content (AvgIpc) is 3.15. The molecule has 10 heteroatoms. The van der Waals surface area contributed by atoms with Gasteiger partial charge in [-0.25, -0.2) is 26.3 Å². The van der Waals surface area contributed by atoms with Crippen molar-refractivity contribution in [2.24, 2.45) is 34.7 Å². The summed E-state index contributed by atoms with van der Waals surface area (Å²) >= 11 is 0. The van der Waals surface area contributed by atoms with Crippen molar-refractivity contribution in [3.05, 3.63) is 47.5 Å². The van der Waals surface area contributed by atoms with Gasteiger partial charge < -0.3 is 5.21 Å². The molecule has 8 nitrogen and oxygen atoms in total. The first-order valence-corrected chi connectivity index (χ1v) is 16.7. The molecule has 0 aromatic heterocycles. The van der Waals surface area contributed by atoms with Crippen LogP contribution in [0.4, 0.5) is 0 Å². The molecule has 6 bridgehead atoms. The van der Waals surface area contributed by atoms with Crippen LogP contribution >= 0.6 is 0 Å². The van der Waals surface area contributed by atoms with E-state index in [2.05, 4.69) is 14.6 Å². The molecule has 0 saturated heterocycles. The van der Waals surface area contributed by atoms with Crippen LogP contribution in [-0.4, -0.2) is 39.3 Å². The van der Waals surface area contributed by atoms with Crippen molar-refractivity contribution >= 4 is 25.8 Å². The highest BCUT2D eigenvalue weighted by molar-refractivity contribution is 7.89. The highest BCUT2D eigenvalue weighted by Gasteiger charge is 2.58. The van der Waals surface area contributed by atoms with Gasteiger partial charge in [-0.1, -0.05) is 17.3 Å². The third-order valence-electron chi connectivity index (χ3n) is 10.4. The second-order valence-corrected chi connectivity index (χ2v) is 16.2. The lowest BCUT2D eigenvalue weighted by atomic mass is 9.50. The number of fused-ring (bicyclic) bond motifs is 3. The van der Waals surface area contributed by atoms with E-state index in [0.29, 0.717) is 28.9 Å². The van der Waals surface area contributed by atoms with Crippen molar-refractivity contribution < 1.29 is 22.0 Å². The normalized spacial score (nSPS) is 37.0. The Kier molecular flexibility index (Phi) is 4.77. The Labute approximate surface area is 223 Å². The highest BCUT2D eigenvalue weighted by Crippen LogP contribution is 2.57. The van der Waals surface area contributed by atoms with E-state index in [1.165, 1.54) is 12.5 Å². The lowest BCUT2D eigenvalue weighted by molar-refractivity contribution is -0.0317. The van der Waals surface area contributed by atoms with Gasteiger partial charge in [0.2, 0.25) is 20.0 Å². The predicted octanol–water partition coefficient (Wildman–Crippen LogP) is 3.83. The standard InChI is InChI=1S/C28H31N3O5S2/c32-29-27-24-10-20(37(33,34)30-26-18-6-15-5-16(8-18)9-19(26)7-15)1-3-22(24)23-4-2-21(11-25(23)27)38(35,36)31-28-12-17(13-28)14-28/h1-4,10-11,15-19,26,30-32H,5-9,12-14H2/b29-27-. The molecule has 7 saturated carbocycles. The van der Waals surface area contributed by atoms with Crippen LogP contribution in [0.5, 0.6) is 0 Å². The second kappa shape index (κ2) is 7.68. The first-order valence-electron chi connectivity index (χ1n) is 13.7. The summed E-state index contributed by atoms with van der Waals surface area (Å²) in [5.74, 6) is 2.97. The molecule has 2 aromatic rings. The van der Waals surface area contributed by atoms with Crippen molar-refractivity contribution in [2.45, 2.75) is 72.7 Å². The summed E-state index contributed by atoms with van der Waals surface area (Å²) in [6.07, 6.45) is 8.43. The van der Waals surface area contributed by atoms with Crippen LogP contribution in [0.3, 0.4) is 0 Å². The Hall–Kier alpha value is -2.27. The Morgan fingerprint density at radius 1 is 0.711 bits per heavy atom. The minimum Gasteiger partial charge on any atom is -0.410 e. The smallest absolute Gasteiger partial charge is 0.241 e. The third-order valence-corrected chi connectivity index (χ3v) is 13.4. The summed E-state index contributed by atoms with van der Waals surface area (Å²) in [5, 5.41) is 13.4. The van der Waals surface area contributed by atoms with Crippen molar-refractivity contribution in [1.29, 1.82) is 0 Å². The van der Waals surface area contributed by atoms with Crippen LogP contribution in [-0.2, 0) is 20.0 Å². The molecule has 3 N–H and O–H groups in total. The van der Waals surface area contributed by atoms with Gasteiger partial charge in [-0.3, -0.25) is 0 Å². The van der Waals surface area contributed by atoms with Crippen molar-refractivity contribution in [3.8, 4) is 11.1 Å². The molecule has 2 aromatic carbocycles. The molecular formula is C28H31N3O5S2.